The van der Waals surface area contributed by atoms with Crippen LogP contribution in [-0.4, -0.2) is 18.9 Å². The molecule has 1 aromatic carbocycles. The molecule has 3 nitrogen and oxygen atoms in total. The van der Waals surface area contributed by atoms with Crippen LogP contribution in [0, 0.1) is 5.82 Å². The van der Waals surface area contributed by atoms with E-state index in [1.807, 2.05) is 0 Å². The Bertz CT molecular complexity index is 332. The average Bonchev–Trinajstić information content (AvgIpc) is 2.17. The summed E-state index contributed by atoms with van der Waals surface area (Å²) in [6, 6.07) is 5.65. The number of amides is 1. The molecule has 0 N–H and O–H groups in total. The topological polar surface area (TPSA) is 38.7 Å². The number of benzene rings is 1. The summed E-state index contributed by atoms with van der Waals surface area (Å²) in [5.41, 5.74) is 0.652. The van der Waals surface area contributed by atoms with Crippen LogP contribution in [0.25, 0.3) is 0 Å². The van der Waals surface area contributed by atoms with E-state index in [9.17, 15) is 9.18 Å². The molecule has 0 bridgehead atoms. The molecule has 0 atom stereocenters. The highest BCUT2D eigenvalue weighted by molar-refractivity contribution is 5.88. The Morgan fingerprint density at radius 1 is 1.50 bits per heavy atom. The van der Waals surface area contributed by atoms with Gasteiger partial charge in [-0.2, -0.15) is 4.99 Å². The Balaban J connectivity index is 2.60. The first-order valence-electron chi connectivity index (χ1n) is 4.18. The van der Waals surface area contributed by atoms with Crippen molar-refractivity contribution in [3.05, 3.63) is 35.6 Å². The summed E-state index contributed by atoms with van der Waals surface area (Å²) in [5.74, 6) is -0.321. The van der Waals surface area contributed by atoms with Crippen molar-refractivity contribution < 1.29 is 13.9 Å². The predicted molar refractivity (Wildman–Crippen MR) is 51.0 cm³/mol. The van der Waals surface area contributed by atoms with Gasteiger partial charge in [-0.05, 0) is 24.6 Å². The highest BCUT2D eigenvalue weighted by atomic mass is 19.1. The fourth-order valence-corrected chi connectivity index (χ4v) is 0.837. The maximum absolute atomic E-state index is 12.5. The molecule has 0 saturated carbocycles. The van der Waals surface area contributed by atoms with Gasteiger partial charge < -0.3 is 4.74 Å². The maximum Gasteiger partial charge on any atom is 0.433 e. The van der Waals surface area contributed by atoms with E-state index in [1.54, 1.807) is 6.92 Å². The van der Waals surface area contributed by atoms with Crippen LogP contribution in [0.5, 0.6) is 0 Å². The third-order valence-electron chi connectivity index (χ3n) is 1.46. The minimum absolute atomic E-state index is 0.291. The fraction of sp³-hybridized carbons (Fsp3) is 0.200. The van der Waals surface area contributed by atoms with Crippen LogP contribution < -0.4 is 0 Å². The van der Waals surface area contributed by atoms with E-state index in [2.05, 4.69) is 9.73 Å². The van der Waals surface area contributed by atoms with E-state index in [0.29, 0.717) is 12.2 Å². The van der Waals surface area contributed by atoms with Gasteiger partial charge in [0.15, 0.2) is 0 Å². The molecule has 0 aliphatic heterocycles. The molecule has 74 valence electrons. The van der Waals surface area contributed by atoms with Crippen molar-refractivity contribution in [1.29, 1.82) is 0 Å². The second-order valence-corrected chi connectivity index (χ2v) is 2.51. The SMILES string of the molecule is CCOC(=O)N=Cc1ccc(F)cc1. The van der Waals surface area contributed by atoms with Crippen molar-refractivity contribution in [2.75, 3.05) is 6.61 Å². The van der Waals surface area contributed by atoms with Gasteiger partial charge in [-0.1, -0.05) is 12.1 Å². The van der Waals surface area contributed by atoms with Gasteiger partial charge in [0.05, 0.1) is 6.61 Å². The largest absolute Gasteiger partial charge is 0.448 e. The number of carbonyl (C=O) groups excluding carboxylic acids is 1. The minimum atomic E-state index is -0.642. The van der Waals surface area contributed by atoms with E-state index in [-0.39, 0.29) is 5.82 Å². The molecule has 14 heavy (non-hydrogen) atoms. The van der Waals surface area contributed by atoms with Crippen LogP contribution in [-0.2, 0) is 4.74 Å². The fourth-order valence-electron chi connectivity index (χ4n) is 0.837. The summed E-state index contributed by atoms with van der Waals surface area (Å²) in [7, 11) is 0. The van der Waals surface area contributed by atoms with Crippen molar-refractivity contribution in [3.63, 3.8) is 0 Å². The number of rotatable bonds is 2. The zero-order valence-corrected chi connectivity index (χ0v) is 7.74. The van der Waals surface area contributed by atoms with Crippen LogP contribution in [0.3, 0.4) is 0 Å². The van der Waals surface area contributed by atoms with Crippen LogP contribution >= 0.6 is 0 Å². The molecule has 0 unspecified atom stereocenters. The summed E-state index contributed by atoms with van der Waals surface area (Å²) >= 11 is 0. The smallest absolute Gasteiger partial charge is 0.433 e. The number of nitrogens with zero attached hydrogens (tertiary/aromatic N) is 1. The maximum atomic E-state index is 12.5. The average molecular weight is 195 g/mol. The Morgan fingerprint density at radius 2 is 2.14 bits per heavy atom. The molecule has 4 heteroatoms. The first kappa shape index (κ1) is 10.4. The van der Waals surface area contributed by atoms with Gasteiger partial charge in [-0.3, -0.25) is 0 Å². The zero-order chi connectivity index (χ0) is 10.4. The number of halogens is 1. The van der Waals surface area contributed by atoms with Crippen LogP contribution in [0.15, 0.2) is 29.3 Å². The monoisotopic (exact) mass is 195 g/mol. The normalized spacial score (nSPS) is 10.4. The number of ether oxygens (including phenoxy) is 1. The summed E-state index contributed by atoms with van der Waals surface area (Å²) < 4.78 is 17.0. The quantitative estimate of drug-likeness (QED) is 0.679. The van der Waals surface area contributed by atoms with Crippen molar-refractivity contribution in [3.8, 4) is 0 Å². The van der Waals surface area contributed by atoms with Gasteiger partial charge in [0, 0.05) is 6.21 Å². The van der Waals surface area contributed by atoms with E-state index in [0.717, 1.165) is 0 Å². The third kappa shape index (κ3) is 3.35. The minimum Gasteiger partial charge on any atom is -0.448 e. The van der Waals surface area contributed by atoms with Crippen LogP contribution in [0.1, 0.15) is 12.5 Å². The second kappa shape index (κ2) is 5.11. The third-order valence-corrected chi connectivity index (χ3v) is 1.46. The summed E-state index contributed by atoms with van der Waals surface area (Å²) in [4.78, 5) is 14.3. The Labute approximate surface area is 81.2 Å². The summed E-state index contributed by atoms with van der Waals surface area (Å²) in [6.07, 6.45) is 0.689. The molecule has 0 saturated heterocycles. The first-order valence-corrected chi connectivity index (χ1v) is 4.18. The molecular formula is C10H10FNO2. The molecule has 0 fully saturated rings. The Morgan fingerprint density at radius 3 is 2.71 bits per heavy atom. The lowest BCUT2D eigenvalue weighted by atomic mass is 10.2. The van der Waals surface area contributed by atoms with Crippen LogP contribution in [0.4, 0.5) is 9.18 Å². The Hall–Kier alpha value is -1.71. The van der Waals surface area contributed by atoms with Gasteiger partial charge in [0.25, 0.3) is 0 Å². The summed E-state index contributed by atoms with van der Waals surface area (Å²) in [6.45, 7) is 1.99. The second-order valence-electron chi connectivity index (χ2n) is 2.51. The van der Waals surface area contributed by atoms with Crippen molar-refractivity contribution in [2.45, 2.75) is 6.92 Å². The summed E-state index contributed by atoms with van der Waals surface area (Å²) in [5, 5.41) is 0. The molecular weight excluding hydrogens is 185 g/mol. The number of hydrogen-bond donors (Lipinski definition) is 0. The molecule has 0 spiro atoms. The molecule has 0 aromatic heterocycles. The van der Waals surface area contributed by atoms with Crippen molar-refractivity contribution in [2.24, 2.45) is 4.99 Å². The lowest BCUT2D eigenvalue weighted by Crippen LogP contribution is -1.98. The Kier molecular flexibility index (Phi) is 3.79. The number of carbonyl (C=O) groups is 1. The molecule has 1 rings (SSSR count). The first-order chi connectivity index (χ1) is 6.72. The standard InChI is InChI=1S/C10H10FNO2/c1-2-14-10(13)12-7-8-3-5-9(11)6-4-8/h3-7H,2H2,1H3. The highest BCUT2D eigenvalue weighted by Crippen LogP contribution is 2.00. The molecule has 0 heterocycles. The van der Waals surface area contributed by atoms with Gasteiger partial charge in [-0.25, -0.2) is 9.18 Å². The van der Waals surface area contributed by atoms with Crippen LogP contribution in [0.2, 0.25) is 0 Å². The van der Waals surface area contributed by atoms with E-state index in [4.69, 9.17) is 0 Å². The van der Waals surface area contributed by atoms with Gasteiger partial charge >= 0.3 is 6.09 Å². The molecule has 0 aliphatic rings. The molecule has 0 aliphatic carbocycles. The highest BCUT2D eigenvalue weighted by Gasteiger charge is 1.95. The molecule has 0 radical (unpaired) electrons. The van der Waals surface area contributed by atoms with Crippen molar-refractivity contribution >= 4 is 12.3 Å². The molecule has 1 aromatic rings. The molecule has 1 amide bonds. The lowest BCUT2D eigenvalue weighted by molar-refractivity contribution is 0.164. The van der Waals surface area contributed by atoms with Gasteiger partial charge in [-0.15, -0.1) is 0 Å². The van der Waals surface area contributed by atoms with Gasteiger partial charge in [0.2, 0.25) is 0 Å². The lowest BCUT2D eigenvalue weighted by Gasteiger charge is -1.94. The van der Waals surface area contributed by atoms with E-state index in [1.165, 1.54) is 30.5 Å². The van der Waals surface area contributed by atoms with Gasteiger partial charge in [0.1, 0.15) is 5.82 Å². The predicted octanol–water partition coefficient (Wildman–Crippen LogP) is 2.40. The van der Waals surface area contributed by atoms with E-state index >= 15 is 0 Å². The number of aliphatic imine (C=N–C) groups is 1. The number of hydrogen-bond acceptors (Lipinski definition) is 2. The van der Waals surface area contributed by atoms with E-state index < -0.39 is 6.09 Å². The zero-order valence-electron chi connectivity index (χ0n) is 7.74. The van der Waals surface area contributed by atoms with Crippen molar-refractivity contribution in [1.82, 2.24) is 0 Å².